The molecule has 0 saturated heterocycles. The van der Waals surface area contributed by atoms with Crippen molar-refractivity contribution in [3.63, 3.8) is 0 Å². The van der Waals surface area contributed by atoms with E-state index < -0.39 is 40.3 Å². The lowest BCUT2D eigenvalue weighted by Gasteiger charge is -2.21. The van der Waals surface area contributed by atoms with Gasteiger partial charge in [0.2, 0.25) is 0 Å². The Balaban J connectivity index is 2.31. The standard InChI is InChI=1S/C16H14ClF4NO/c17-12-8-10(16(19,20)21)7-11(14(12)18)15(22)13(23)6-9-4-2-1-3-5-9/h1-5,7-8,13,15,23H,6,22H2/t13-,15+/m0/s1. The molecule has 7 heteroatoms. The Morgan fingerprint density at radius 2 is 1.74 bits per heavy atom. The number of hydrogen-bond acceptors (Lipinski definition) is 2. The number of nitrogens with two attached hydrogens (primary N) is 1. The maximum absolute atomic E-state index is 14.0. The van der Waals surface area contributed by atoms with Gasteiger partial charge < -0.3 is 10.8 Å². The lowest BCUT2D eigenvalue weighted by molar-refractivity contribution is -0.137. The first-order chi connectivity index (χ1) is 10.7. The predicted molar refractivity (Wildman–Crippen MR) is 79.5 cm³/mol. The highest BCUT2D eigenvalue weighted by Gasteiger charge is 2.33. The van der Waals surface area contributed by atoms with Crippen molar-refractivity contribution in [2.45, 2.75) is 24.7 Å². The third-order valence-corrected chi connectivity index (χ3v) is 3.72. The molecule has 3 N–H and O–H groups in total. The minimum Gasteiger partial charge on any atom is -0.391 e. The van der Waals surface area contributed by atoms with Crippen molar-refractivity contribution in [1.29, 1.82) is 0 Å². The van der Waals surface area contributed by atoms with Crippen LogP contribution in [0.5, 0.6) is 0 Å². The highest BCUT2D eigenvalue weighted by Crippen LogP contribution is 2.35. The quantitative estimate of drug-likeness (QED) is 0.818. The van der Waals surface area contributed by atoms with Crippen LogP contribution < -0.4 is 5.73 Å². The van der Waals surface area contributed by atoms with E-state index in [-0.39, 0.29) is 6.42 Å². The molecule has 0 amide bonds. The summed E-state index contributed by atoms with van der Waals surface area (Å²) in [4.78, 5) is 0. The fraction of sp³-hybridized carbons (Fsp3) is 0.250. The third kappa shape index (κ3) is 4.22. The molecule has 2 nitrogen and oxygen atoms in total. The Morgan fingerprint density at radius 1 is 1.13 bits per heavy atom. The smallest absolute Gasteiger partial charge is 0.391 e. The zero-order valence-corrected chi connectivity index (χ0v) is 12.6. The summed E-state index contributed by atoms with van der Waals surface area (Å²) in [6.07, 6.45) is -5.86. The van der Waals surface area contributed by atoms with Gasteiger partial charge in [-0.2, -0.15) is 13.2 Å². The van der Waals surface area contributed by atoms with E-state index in [0.717, 1.165) is 5.56 Å². The number of aliphatic hydroxyl groups is 1. The van der Waals surface area contributed by atoms with Gasteiger partial charge in [0.25, 0.3) is 0 Å². The van der Waals surface area contributed by atoms with Gasteiger partial charge in [-0.05, 0) is 17.7 Å². The molecule has 124 valence electrons. The van der Waals surface area contributed by atoms with Gasteiger partial charge in [0.05, 0.1) is 22.7 Å². The van der Waals surface area contributed by atoms with Crippen LogP contribution in [-0.4, -0.2) is 11.2 Å². The van der Waals surface area contributed by atoms with Crippen LogP contribution >= 0.6 is 11.6 Å². The summed E-state index contributed by atoms with van der Waals surface area (Å²) in [5.74, 6) is -1.06. The van der Waals surface area contributed by atoms with Crippen LogP contribution in [0.3, 0.4) is 0 Å². The number of alkyl halides is 3. The maximum atomic E-state index is 14.0. The van der Waals surface area contributed by atoms with Gasteiger partial charge in [0.1, 0.15) is 5.82 Å². The minimum absolute atomic E-state index is 0.0787. The molecule has 0 aliphatic carbocycles. The SMILES string of the molecule is N[C@H](c1cc(C(F)(F)F)cc(Cl)c1F)[C@@H](O)Cc1ccccc1. The molecule has 0 fully saturated rings. The number of aliphatic hydroxyl groups excluding tert-OH is 1. The molecule has 0 heterocycles. The summed E-state index contributed by atoms with van der Waals surface area (Å²) >= 11 is 5.52. The van der Waals surface area contributed by atoms with Crippen LogP contribution in [-0.2, 0) is 12.6 Å². The second-order valence-electron chi connectivity index (χ2n) is 5.14. The summed E-state index contributed by atoms with van der Waals surface area (Å²) in [5.41, 5.74) is 4.91. The molecule has 0 aliphatic heterocycles. The first kappa shape index (κ1) is 17.7. The lowest BCUT2D eigenvalue weighted by Crippen LogP contribution is -2.29. The molecular weight excluding hydrogens is 334 g/mol. The summed E-state index contributed by atoms with van der Waals surface area (Å²) in [7, 11) is 0. The van der Waals surface area contributed by atoms with Gasteiger partial charge in [-0.25, -0.2) is 4.39 Å². The predicted octanol–water partition coefficient (Wildman–Crippen LogP) is 4.10. The monoisotopic (exact) mass is 347 g/mol. The van der Waals surface area contributed by atoms with E-state index in [1.165, 1.54) is 0 Å². The number of halogens is 5. The van der Waals surface area contributed by atoms with Crippen molar-refractivity contribution in [2.75, 3.05) is 0 Å². The molecule has 0 unspecified atom stereocenters. The number of hydrogen-bond donors (Lipinski definition) is 2. The van der Waals surface area contributed by atoms with E-state index in [1.807, 2.05) is 0 Å². The molecule has 0 aromatic heterocycles. The van der Waals surface area contributed by atoms with Gasteiger partial charge in [-0.3, -0.25) is 0 Å². The summed E-state index contributed by atoms with van der Waals surface area (Å²) in [6.45, 7) is 0. The molecule has 0 radical (unpaired) electrons. The van der Waals surface area contributed by atoms with Gasteiger partial charge in [-0.1, -0.05) is 41.9 Å². The topological polar surface area (TPSA) is 46.2 Å². The highest BCUT2D eigenvalue weighted by molar-refractivity contribution is 6.30. The van der Waals surface area contributed by atoms with E-state index in [9.17, 15) is 22.7 Å². The lowest BCUT2D eigenvalue weighted by atomic mass is 9.95. The van der Waals surface area contributed by atoms with E-state index in [4.69, 9.17) is 17.3 Å². The Labute approximate surface area is 135 Å². The van der Waals surface area contributed by atoms with Crippen molar-refractivity contribution in [1.82, 2.24) is 0 Å². The third-order valence-electron chi connectivity index (χ3n) is 3.45. The van der Waals surface area contributed by atoms with E-state index >= 15 is 0 Å². The molecule has 0 aliphatic rings. The largest absolute Gasteiger partial charge is 0.416 e. The molecule has 0 bridgehead atoms. The average Bonchev–Trinajstić information content (AvgIpc) is 2.49. The van der Waals surface area contributed by atoms with E-state index in [1.54, 1.807) is 30.3 Å². The van der Waals surface area contributed by atoms with Crippen LogP contribution in [0.2, 0.25) is 5.02 Å². The van der Waals surface area contributed by atoms with Gasteiger partial charge in [0.15, 0.2) is 0 Å². The van der Waals surface area contributed by atoms with E-state index in [0.29, 0.717) is 12.1 Å². The molecule has 2 atom stereocenters. The van der Waals surface area contributed by atoms with Crippen LogP contribution in [0.1, 0.15) is 22.7 Å². The highest BCUT2D eigenvalue weighted by atomic mass is 35.5. The Bertz CT molecular complexity index is 676. The molecule has 0 saturated carbocycles. The van der Waals surface area contributed by atoms with Crippen molar-refractivity contribution in [3.8, 4) is 0 Å². The Hall–Kier alpha value is -1.63. The van der Waals surface area contributed by atoms with Gasteiger partial charge in [-0.15, -0.1) is 0 Å². The molecule has 2 rings (SSSR count). The van der Waals surface area contributed by atoms with Crippen LogP contribution in [0.25, 0.3) is 0 Å². The second kappa shape index (κ2) is 6.86. The van der Waals surface area contributed by atoms with Gasteiger partial charge in [0, 0.05) is 12.0 Å². The molecule has 2 aromatic carbocycles. The summed E-state index contributed by atoms with van der Waals surface area (Å²) in [6, 6.07) is 8.47. The zero-order chi connectivity index (χ0) is 17.2. The van der Waals surface area contributed by atoms with Crippen molar-refractivity contribution in [3.05, 3.63) is 70.0 Å². The fourth-order valence-electron chi connectivity index (χ4n) is 2.21. The van der Waals surface area contributed by atoms with Crippen LogP contribution in [0, 0.1) is 5.82 Å². The van der Waals surface area contributed by atoms with Crippen molar-refractivity contribution < 1.29 is 22.7 Å². The molecular formula is C16H14ClF4NO. The Kier molecular flexibility index (Phi) is 5.29. The Morgan fingerprint density at radius 3 is 2.30 bits per heavy atom. The first-order valence-corrected chi connectivity index (χ1v) is 7.11. The molecule has 23 heavy (non-hydrogen) atoms. The van der Waals surface area contributed by atoms with Gasteiger partial charge >= 0.3 is 6.18 Å². The van der Waals surface area contributed by atoms with Crippen molar-refractivity contribution >= 4 is 11.6 Å². The normalized spacial score (nSPS) is 14.6. The number of rotatable bonds is 4. The molecule has 0 spiro atoms. The first-order valence-electron chi connectivity index (χ1n) is 6.74. The average molecular weight is 348 g/mol. The van der Waals surface area contributed by atoms with E-state index in [2.05, 4.69) is 0 Å². The van der Waals surface area contributed by atoms with Crippen LogP contribution in [0.15, 0.2) is 42.5 Å². The van der Waals surface area contributed by atoms with Crippen molar-refractivity contribution in [2.24, 2.45) is 5.73 Å². The summed E-state index contributed by atoms with van der Waals surface area (Å²) in [5, 5.41) is 9.43. The number of benzene rings is 2. The van der Waals surface area contributed by atoms with Crippen LogP contribution in [0.4, 0.5) is 17.6 Å². The maximum Gasteiger partial charge on any atom is 0.416 e. The fourth-order valence-corrected chi connectivity index (χ4v) is 2.43. The minimum atomic E-state index is -4.68. The summed E-state index contributed by atoms with van der Waals surface area (Å²) < 4.78 is 52.4. The zero-order valence-electron chi connectivity index (χ0n) is 11.8. The molecule has 2 aromatic rings. The second-order valence-corrected chi connectivity index (χ2v) is 5.55.